The molecular formula is C24H21ClF3N7OS. The van der Waals surface area contributed by atoms with E-state index >= 15 is 0 Å². The molecule has 1 saturated heterocycles. The third-order valence-electron chi connectivity index (χ3n) is 6.34. The van der Waals surface area contributed by atoms with E-state index in [1.54, 1.807) is 16.7 Å². The highest BCUT2D eigenvalue weighted by Crippen LogP contribution is 2.42. The number of aromatic nitrogens is 2. The zero-order valence-electron chi connectivity index (χ0n) is 19.3. The Hall–Kier alpha value is -3.48. The molecule has 0 unspecified atom stereocenters. The lowest BCUT2D eigenvalue weighted by atomic mass is 10.1. The number of nitrogens with two attached hydrogens (primary N) is 1. The third-order valence-corrected chi connectivity index (χ3v) is 6.73. The number of thiocarbonyl (C=S) groups is 1. The number of anilines is 1. The lowest BCUT2D eigenvalue weighted by Crippen LogP contribution is -2.46. The van der Waals surface area contributed by atoms with Crippen molar-refractivity contribution < 1.29 is 18.3 Å². The van der Waals surface area contributed by atoms with Crippen molar-refractivity contribution in [2.45, 2.75) is 12.8 Å². The van der Waals surface area contributed by atoms with Gasteiger partial charge in [0.25, 0.3) is 0 Å². The summed E-state index contributed by atoms with van der Waals surface area (Å²) in [5, 5.41) is 20.1. The second-order valence-electron chi connectivity index (χ2n) is 8.58. The number of halogens is 4. The van der Waals surface area contributed by atoms with Crippen molar-refractivity contribution in [3.8, 4) is 5.88 Å². The maximum atomic E-state index is 13.1. The predicted molar refractivity (Wildman–Crippen MR) is 140 cm³/mol. The van der Waals surface area contributed by atoms with Crippen LogP contribution in [0.1, 0.15) is 5.56 Å². The molecule has 0 saturated carbocycles. The van der Waals surface area contributed by atoms with Crippen LogP contribution in [-0.2, 0) is 12.8 Å². The van der Waals surface area contributed by atoms with E-state index in [0.29, 0.717) is 59.7 Å². The SMILES string of the molecule is NC(=S)N=Nc1c(O)n(CN2CCN(c3ccnc4cc(C(F)(F)F)ccc34)CC2)c2cccc(Cl)c12. The second-order valence-corrected chi connectivity index (χ2v) is 9.40. The molecule has 0 atom stereocenters. The van der Waals surface area contributed by atoms with Gasteiger partial charge in [-0.25, -0.2) is 0 Å². The first-order chi connectivity index (χ1) is 17.6. The van der Waals surface area contributed by atoms with E-state index in [9.17, 15) is 18.3 Å². The normalized spacial score (nSPS) is 15.3. The highest BCUT2D eigenvalue weighted by Gasteiger charge is 2.31. The Balaban J connectivity index is 1.37. The van der Waals surface area contributed by atoms with Gasteiger partial charge in [-0.1, -0.05) is 23.7 Å². The Bertz CT molecular complexity index is 1530. The summed E-state index contributed by atoms with van der Waals surface area (Å²) >= 11 is 11.2. The monoisotopic (exact) mass is 547 g/mol. The van der Waals surface area contributed by atoms with Crippen LogP contribution in [-0.4, -0.2) is 50.8 Å². The second kappa shape index (κ2) is 9.77. The van der Waals surface area contributed by atoms with Gasteiger partial charge in [0.2, 0.25) is 11.0 Å². The van der Waals surface area contributed by atoms with Crippen molar-refractivity contribution in [3.63, 3.8) is 0 Å². The van der Waals surface area contributed by atoms with Gasteiger partial charge >= 0.3 is 6.18 Å². The molecule has 2 aromatic heterocycles. The number of pyridine rings is 1. The molecule has 3 N–H and O–H groups in total. The number of nitrogens with zero attached hydrogens (tertiary/aromatic N) is 6. The first-order valence-electron chi connectivity index (χ1n) is 11.3. The Kier molecular flexibility index (Phi) is 6.65. The maximum Gasteiger partial charge on any atom is 0.416 e. The van der Waals surface area contributed by atoms with Gasteiger partial charge in [-0.15, -0.1) is 10.2 Å². The number of hydrogen-bond donors (Lipinski definition) is 2. The summed E-state index contributed by atoms with van der Waals surface area (Å²) in [6, 6.07) is 10.8. The molecule has 1 fully saturated rings. The minimum atomic E-state index is -4.42. The zero-order valence-corrected chi connectivity index (χ0v) is 20.9. The molecule has 13 heteroatoms. The first kappa shape index (κ1) is 25.2. The van der Waals surface area contributed by atoms with E-state index < -0.39 is 11.7 Å². The number of piperazine rings is 1. The largest absolute Gasteiger partial charge is 0.493 e. The summed E-state index contributed by atoms with van der Waals surface area (Å²) in [6.07, 6.45) is -2.89. The van der Waals surface area contributed by atoms with Crippen LogP contribution in [0.4, 0.5) is 24.5 Å². The minimum Gasteiger partial charge on any atom is -0.493 e. The number of benzene rings is 2. The molecular weight excluding hydrogens is 527 g/mol. The topological polar surface area (TPSA) is 95.3 Å². The summed E-state index contributed by atoms with van der Waals surface area (Å²) in [6.45, 7) is 2.93. The fourth-order valence-corrected chi connectivity index (χ4v) is 4.88. The van der Waals surface area contributed by atoms with E-state index in [2.05, 4.69) is 25.0 Å². The lowest BCUT2D eigenvalue weighted by Gasteiger charge is -2.36. The molecule has 1 aliphatic heterocycles. The fraction of sp³-hybridized carbons (Fsp3) is 0.250. The predicted octanol–water partition coefficient (Wildman–Crippen LogP) is 5.67. The molecule has 1 aliphatic rings. The summed E-state index contributed by atoms with van der Waals surface area (Å²) < 4.78 is 41.1. The van der Waals surface area contributed by atoms with Crippen molar-refractivity contribution in [1.82, 2.24) is 14.5 Å². The van der Waals surface area contributed by atoms with Crippen molar-refractivity contribution in [2.75, 3.05) is 31.1 Å². The molecule has 0 amide bonds. The number of aromatic hydroxyl groups is 1. The van der Waals surface area contributed by atoms with Gasteiger partial charge in [-0.2, -0.15) is 13.2 Å². The fourth-order valence-electron chi connectivity index (χ4n) is 4.58. The molecule has 0 spiro atoms. The Morgan fingerprint density at radius 3 is 2.59 bits per heavy atom. The number of hydrogen-bond acceptors (Lipinski definition) is 6. The standard InChI is InChI=1S/C24H21ClF3N7OS/c25-16-2-1-3-19-20(16)21(31-32-23(29)37)22(36)35(19)13-33-8-10-34(11-9-33)18-6-7-30-17-12-14(24(26,27)28)4-5-15(17)18/h1-7,12,36H,8-11,13H2,(H2,29,37). The summed E-state index contributed by atoms with van der Waals surface area (Å²) in [4.78, 5) is 8.42. The average Bonchev–Trinajstić information content (AvgIpc) is 3.13. The van der Waals surface area contributed by atoms with E-state index in [4.69, 9.17) is 29.6 Å². The van der Waals surface area contributed by atoms with Crippen LogP contribution in [0.5, 0.6) is 5.88 Å². The molecule has 0 bridgehead atoms. The van der Waals surface area contributed by atoms with Crippen LogP contribution in [0.2, 0.25) is 5.02 Å². The first-order valence-corrected chi connectivity index (χ1v) is 12.1. The van der Waals surface area contributed by atoms with Gasteiger partial charge in [0.1, 0.15) is 0 Å². The van der Waals surface area contributed by atoms with Crippen LogP contribution in [0.25, 0.3) is 21.8 Å². The molecule has 0 radical (unpaired) electrons. The highest BCUT2D eigenvalue weighted by molar-refractivity contribution is 7.80. The molecule has 2 aromatic carbocycles. The zero-order chi connectivity index (χ0) is 26.3. The van der Waals surface area contributed by atoms with E-state index in [-0.39, 0.29) is 16.7 Å². The molecule has 37 heavy (non-hydrogen) atoms. The summed E-state index contributed by atoms with van der Waals surface area (Å²) in [5.41, 5.74) is 6.72. The molecule has 3 heterocycles. The van der Waals surface area contributed by atoms with Crippen molar-refractivity contribution >= 4 is 62.1 Å². The van der Waals surface area contributed by atoms with Crippen molar-refractivity contribution in [3.05, 3.63) is 59.2 Å². The van der Waals surface area contributed by atoms with Crippen LogP contribution < -0.4 is 10.6 Å². The maximum absolute atomic E-state index is 13.1. The Morgan fingerprint density at radius 1 is 1.14 bits per heavy atom. The smallest absolute Gasteiger partial charge is 0.416 e. The van der Waals surface area contributed by atoms with Gasteiger partial charge in [0, 0.05) is 43.4 Å². The van der Waals surface area contributed by atoms with Gasteiger partial charge in [0.15, 0.2) is 5.69 Å². The van der Waals surface area contributed by atoms with Crippen molar-refractivity contribution in [2.24, 2.45) is 16.0 Å². The summed E-state index contributed by atoms with van der Waals surface area (Å²) in [5.74, 6) is -0.105. The molecule has 5 rings (SSSR count). The Morgan fingerprint density at radius 2 is 1.89 bits per heavy atom. The molecule has 8 nitrogen and oxygen atoms in total. The molecule has 0 aliphatic carbocycles. The van der Waals surface area contributed by atoms with E-state index in [1.807, 2.05) is 12.1 Å². The van der Waals surface area contributed by atoms with Gasteiger partial charge in [-0.3, -0.25) is 14.5 Å². The third kappa shape index (κ3) is 4.91. The summed E-state index contributed by atoms with van der Waals surface area (Å²) in [7, 11) is 0. The highest BCUT2D eigenvalue weighted by atomic mass is 35.5. The quantitative estimate of drug-likeness (QED) is 0.252. The van der Waals surface area contributed by atoms with Gasteiger partial charge in [0.05, 0.1) is 33.7 Å². The van der Waals surface area contributed by atoms with E-state index in [0.717, 1.165) is 17.8 Å². The van der Waals surface area contributed by atoms with Crippen LogP contribution in [0.15, 0.2) is 58.9 Å². The average molecular weight is 548 g/mol. The van der Waals surface area contributed by atoms with E-state index in [1.165, 1.54) is 12.3 Å². The Labute approximate surface area is 219 Å². The van der Waals surface area contributed by atoms with Crippen LogP contribution in [0, 0.1) is 0 Å². The molecule has 192 valence electrons. The number of alkyl halides is 3. The number of fused-ring (bicyclic) bond motifs is 2. The molecule has 4 aromatic rings. The lowest BCUT2D eigenvalue weighted by molar-refractivity contribution is -0.137. The van der Waals surface area contributed by atoms with Gasteiger partial charge in [-0.05, 0) is 42.5 Å². The minimum absolute atomic E-state index is 0.105. The van der Waals surface area contributed by atoms with Crippen molar-refractivity contribution in [1.29, 1.82) is 0 Å². The van der Waals surface area contributed by atoms with Crippen LogP contribution >= 0.6 is 23.8 Å². The number of azo groups is 1. The number of rotatable bonds is 4. The van der Waals surface area contributed by atoms with Crippen LogP contribution in [0.3, 0.4) is 0 Å². The van der Waals surface area contributed by atoms with Gasteiger partial charge < -0.3 is 15.7 Å².